The number of thiazole rings is 1. The number of aromatic nitrogens is 1. The topological polar surface area (TPSA) is 30.0 Å². The van der Waals surface area contributed by atoms with Crippen molar-refractivity contribution in [1.82, 2.24) is 4.98 Å². The third-order valence-electron chi connectivity index (χ3n) is 0.347. The van der Waals surface area contributed by atoms with Crippen LogP contribution in [0.25, 0.3) is 0 Å². The van der Waals surface area contributed by atoms with Gasteiger partial charge in [-0.3, -0.25) is 4.98 Å². The van der Waals surface area contributed by atoms with Gasteiger partial charge in [-0.2, -0.15) is 4.21 Å². The first-order chi connectivity index (χ1) is 3.50. The minimum Gasteiger partial charge on any atom is -0.253 e. The zero-order valence-corrected chi connectivity index (χ0v) is 5.04. The van der Waals surface area contributed by atoms with E-state index in [0.29, 0.717) is 0 Å². The highest BCUT2D eigenvalue weighted by atomic mass is 32.1. The lowest BCUT2D eigenvalue weighted by atomic mass is 11.0. The second-order valence-electron chi connectivity index (χ2n) is 0.676. The molecule has 0 aliphatic heterocycles. The Hall–Kier alpha value is -0.350. The quantitative estimate of drug-likeness (QED) is 0.524. The van der Waals surface area contributed by atoms with Crippen LogP contribution in [0.2, 0.25) is 0 Å². The smallest absolute Gasteiger partial charge is 0.197 e. The number of rotatable bonds is 0. The maximum atomic E-state index is 7.83. The van der Waals surface area contributed by atoms with Gasteiger partial charge < -0.3 is 0 Å². The summed E-state index contributed by atoms with van der Waals surface area (Å²) in [4.78, 5) is 3.74. The normalized spacial score (nSPS) is 6.29. The van der Waals surface area contributed by atoms with E-state index < -0.39 is 0 Å². The number of hydrogen-bond acceptors (Lipinski definition) is 4. The van der Waals surface area contributed by atoms with Gasteiger partial charge in [-0.05, 0) is 0 Å². The van der Waals surface area contributed by atoms with Crippen LogP contribution >= 0.6 is 11.3 Å². The van der Waals surface area contributed by atoms with Crippen molar-refractivity contribution in [3.05, 3.63) is 17.1 Å². The Labute approximate surface area is 50.7 Å². The maximum Gasteiger partial charge on any atom is 0.197 e. The van der Waals surface area contributed by atoms with Crippen molar-refractivity contribution in [2.24, 2.45) is 0 Å². The molecule has 4 heteroatoms. The molecule has 38 valence electrons. The molecule has 0 aromatic carbocycles. The summed E-state index contributed by atoms with van der Waals surface area (Å²) in [6.45, 7) is 0. The Kier molecular flexibility index (Phi) is 5.37. The van der Waals surface area contributed by atoms with Gasteiger partial charge in [0.2, 0.25) is 0 Å². The highest BCUT2D eigenvalue weighted by molar-refractivity contribution is 7.44. The van der Waals surface area contributed by atoms with E-state index in [0.717, 1.165) is 0 Å². The molecule has 0 spiro atoms. The van der Waals surface area contributed by atoms with Gasteiger partial charge >= 0.3 is 0 Å². The fourth-order valence-corrected chi connectivity index (χ4v) is 0.527. The third kappa shape index (κ3) is 3.48. The molecule has 7 heavy (non-hydrogen) atoms. The molecular weight excluding hydrogens is 130 g/mol. The van der Waals surface area contributed by atoms with Gasteiger partial charge in [0.25, 0.3) is 0 Å². The standard InChI is InChI=1S/C3H3NS.OS/c1-2-5-3-4-1;1-2/h1-3H;. The summed E-state index contributed by atoms with van der Waals surface area (Å²) in [5, 5.41) is 1.93. The van der Waals surface area contributed by atoms with E-state index in [1.807, 2.05) is 5.38 Å². The van der Waals surface area contributed by atoms with Crippen molar-refractivity contribution in [3.63, 3.8) is 0 Å². The first kappa shape index (κ1) is 6.65. The van der Waals surface area contributed by atoms with E-state index in [1.165, 1.54) is 0 Å². The fourth-order valence-electron chi connectivity index (χ4n) is 0.176. The van der Waals surface area contributed by atoms with Crippen LogP contribution in [0.5, 0.6) is 0 Å². The van der Waals surface area contributed by atoms with Crippen LogP contribution in [0.3, 0.4) is 0 Å². The Morgan fingerprint density at radius 1 is 1.57 bits per heavy atom. The van der Waals surface area contributed by atoms with Gasteiger partial charge in [0, 0.05) is 11.6 Å². The van der Waals surface area contributed by atoms with Crippen LogP contribution in [0.15, 0.2) is 17.1 Å². The highest BCUT2D eigenvalue weighted by Gasteiger charge is 1.59. The molecule has 1 rings (SSSR count). The van der Waals surface area contributed by atoms with Crippen LogP contribution < -0.4 is 0 Å². The van der Waals surface area contributed by atoms with Crippen molar-refractivity contribution in [2.45, 2.75) is 0 Å². The van der Waals surface area contributed by atoms with Crippen molar-refractivity contribution >= 4 is 23.9 Å². The van der Waals surface area contributed by atoms with Crippen LogP contribution in [0, 0.1) is 0 Å². The van der Waals surface area contributed by atoms with Gasteiger partial charge in [-0.25, -0.2) is 0 Å². The summed E-state index contributed by atoms with van der Waals surface area (Å²) in [7, 11) is 0. The SMILES string of the molecule is O=S.c1cscn1. The Morgan fingerprint density at radius 3 is 2.43 bits per heavy atom. The van der Waals surface area contributed by atoms with Crippen LogP contribution in [-0.2, 0) is 12.5 Å². The zero-order valence-electron chi connectivity index (χ0n) is 3.40. The Morgan fingerprint density at radius 2 is 2.29 bits per heavy atom. The largest absolute Gasteiger partial charge is 0.253 e. The number of nitrogens with zero attached hydrogens (tertiary/aromatic N) is 1. The predicted molar refractivity (Wildman–Crippen MR) is 30.3 cm³/mol. The lowest BCUT2D eigenvalue weighted by Crippen LogP contribution is -1.38. The molecule has 1 heterocycles. The molecule has 0 bridgehead atoms. The molecule has 0 atom stereocenters. The summed E-state index contributed by atoms with van der Waals surface area (Å²) >= 11 is 4.44. The molecule has 0 unspecified atom stereocenters. The van der Waals surface area contributed by atoms with Crippen LogP contribution in [-0.4, -0.2) is 9.19 Å². The van der Waals surface area contributed by atoms with Gasteiger partial charge in [-0.1, -0.05) is 0 Å². The van der Waals surface area contributed by atoms with Gasteiger partial charge in [0.15, 0.2) is 12.5 Å². The molecule has 0 saturated heterocycles. The monoisotopic (exact) mass is 133 g/mol. The van der Waals surface area contributed by atoms with E-state index in [9.17, 15) is 0 Å². The molecule has 0 radical (unpaired) electrons. The summed E-state index contributed by atoms with van der Waals surface area (Å²) < 4.78 is 7.83. The third-order valence-corrected chi connectivity index (χ3v) is 0.869. The van der Waals surface area contributed by atoms with Crippen molar-refractivity contribution < 1.29 is 4.21 Å². The second kappa shape index (κ2) is 5.65. The van der Waals surface area contributed by atoms with Crippen LogP contribution in [0.4, 0.5) is 0 Å². The minimum absolute atomic E-state index is 1.60. The summed E-state index contributed by atoms with van der Waals surface area (Å²) in [6, 6.07) is 0. The molecule has 0 aliphatic carbocycles. The number of hydrogen-bond donors (Lipinski definition) is 0. The van der Waals surface area contributed by atoms with Crippen LogP contribution in [0.1, 0.15) is 0 Å². The molecule has 0 aliphatic rings. The van der Waals surface area contributed by atoms with E-state index in [4.69, 9.17) is 4.21 Å². The average molecular weight is 133 g/mol. The van der Waals surface area contributed by atoms with Crippen molar-refractivity contribution in [3.8, 4) is 0 Å². The Bertz CT molecular complexity index is 79.8. The predicted octanol–water partition coefficient (Wildman–Crippen LogP) is 0.807. The Balaban J connectivity index is 0.000000162. The van der Waals surface area contributed by atoms with Gasteiger partial charge in [0.05, 0.1) is 5.51 Å². The second-order valence-corrected chi connectivity index (χ2v) is 1.43. The fraction of sp³-hybridized carbons (Fsp3) is 0. The first-order valence-electron chi connectivity index (χ1n) is 1.49. The maximum absolute atomic E-state index is 7.83. The molecule has 1 aromatic rings. The lowest BCUT2D eigenvalue weighted by Gasteiger charge is -1.41. The summed E-state index contributed by atoms with van der Waals surface area (Å²) in [5.41, 5.74) is 1.79. The van der Waals surface area contributed by atoms with Crippen molar-refractivity contribution in [1.29, 1.82) is 0 Å². The summed E-state index contributed by atoms with van der Waals surface area (Å²) in [5.74, 6) is 0. The molecule has 0 amide bonds. The molecule has 1 aromatic heterocycles. The minimum atomic E-state index is 1.60. The van der Waals surface area contributed by atoms with Gasteiger partial charge in [0.1, 0.15) is 0 Å². The zero-order chi connectivity index (χ0) is 5.54. The van der Waals surface area contributed by atoms with E-state index in [1.54, 1.807) is 23.0 Å². The molecule has 0 fully saturated rings. The molecule has 0 saturated carbocycles. The van der Waals surface area contributed by atoms with E-state index in [-0.39, 0.29) is 0 Å². The summed E-state index contributed by atoms with van der Waals surface area (Å²) in [6.07, 6.45) is 1.77. The van der Waals surface area contributed by atoms with E-state index in [2.05, 4.69) is 17.5 Å². The lowest BCUT2D eigenvalue weighted by molar-refractivity contribution is 0.702. The highest BCUT2D eigenvalue weighted by Crippen LogP contribution is 1.85. The van der Waals surface area contributed by atoms with Crippen molar-refractivity contribution in [2.75, 3.05) is 0 Å². The molecule has 0 N–H and O–H groups in total. The molecule has 2 nitrogen and oxygen atoms in total. The average Bonchev–Trinajstić information content (AvgIpc) is 2.23. The van der Waals surface area contributed by atoms with Gasteiger partial charge in [-0.15, -0.1) is 11.3 Å². The molecular formula is C3H3NOS2. The first-order valence-corrected chi connectivity index (χ1v) is 2.76. The van der Waals surface area contributed by atoms with E-state index >= 15 is 0 Å².